The summed E-state index contributed by atoms with van der Waals surface area (Å²) in [5, 5.41) is 2.70. The van der Waals surface area contributed by atoms with Crippen molar-refractivity contribution in [3.05, 3.63) is 23.8 Å². The summed E-state index contributed by atoms with van der Waals surface area (Å²) in [5.74, 6) is -0.384. The van der Waals surface area contributed by atoms with Crippen molar-refractivity contribution in [2.45, 2.75) is 19.4 Å². The number of fused-ring (bicyclic) bond motifs is 1. The first-order chi connectivity index (χ1) is 7.95. The second kappa shape index (κ2) is 3.76. The number of carbonyl (C=O) groups is 2. The van der Waals surface area contributed by atoms with E-state index in [-0.39, 0.29) is 5.91 Å². The summed E-state index contributed by atoms with van der Waals surface area (Å²) in [6.07, 6.45) is 0. The van der Waals surface area contributed by atoms with E-state index in [2.05, 4.69) is 10.1 Å². The van der Waals surface area contributed by atoms with Gasteiger partial charge in [-0.15, -0.1) is 0 Å². The molecule has 0 atom stereocenters. The van der Waals surface area contributed by atoms with Gasteiger partial charge >= 0.3 is 5.97 Å². The van der Waals surface area contributed by atoms with Gasteiger partial charge in [-0.1, -0.05) is 6.07 Å². The van der Waals surface area contributed by atoms with Crippen LogP contribution in [0.1, 0.15) is 24.2 Å². The number of ether oxygens (including phenoxy) is 2. The van der Waals surface area contributed by atoms with Crippen molar-refractivity contribution in [2.75, 3.05) is 12.4 Å². The van der Waals surface area contributed by atoms with Crippen LogP contribution in [-0.2, 0) is 9.53 Å². The van der Waals surface area contributed by atoms with Crippen LogP contribution >= 0.6 is 0 Å². The predicted molar refractivity (Wildman–Crippen MR) is 61.1 cm³/mol. The quantitative estimate of drug-likeness (QED) is 0.750. The maximum atomic E-state index is 11.7. The molecule has 0 spiro atoms. The van der Waals surface area contributed by atoms with Gasteiger partial charge in [0.05, 0.1) is 12.8 Å². The number of carbonyl (C=O) groups excluding carboxylic acids is 2. The molecule has 1 N–H and O–H groups in total. The van der Waals surface area contributed by atoms with Crippen LogP contribution < -0.4 is 10.1 Å². The molecule has 0 unspecified atom stereocenters. The standard InChI is InChI=1S/C12H13NO4/c1-12(2)11(15)13-8-6-4-5-7(9(8)17-12)10(14)16-3/h4-6H,1-3H3,(H,13,15). The maximum Gasteiger partial charge on any atom is 0.341 e. The Morgan fingerprint density at radius 1 is 1.41 bits per heavy atom. The van der Waals surface area contributed by atoms with Gasteiger partial charge in [0.15, 0.2) is 11.4 Å². The van der Waals surface area contributed by atoms with Crippen LogP contribution in [0.2, 0.25) is 0 Å². The molecule has 0 saturated heterocycles. The summed E-state index contributed by atoms with van der Waals surface area (Å²) < 4.78 is 10.2. The van der Waals surface area contributed by atoms with Crippen LogP contribution in [0.15, 0.2) is 18.2 Å². The van der Waals surface area contributed by atoms with E-state index in [1.165, 1.54) is 7.11 Å². The van der Waals surface area contributed by atoms with Crippen molar-refractivity contribution in [2.24, 2.45) is 0 Å². The van der Waals surface area contributed by atoms with E-state index < -0.39 is 11.6 Å². The average molecular weight is 235 g/mol. The fraction of sp³-hybridized carbons (Fsp3) is 0.333. The van der Waals surface area contributed by atoms with E-state index in [9.17, 15) is 9.59 Å². The van der Waals surface area contributed by atoms with E-state index in [4.69, 9.17) is 4.74 Å². The Morgan fingerprint density at radius 2 is 2.12 bits per heavy atom. The molecule has 1 aromatic carbocycles. The highest BCUT2D eigenvalue weighted by molar-refractivity contribution is 6.03. The summed E-state index contributed by atoms with van der Waals surface area (Å²) in [5.41, 5.74) is -0.216. The molecule has 5 heteroatoms. The summed E-state index contributed by atoms with van der Waals surface area (Å²) in [4.78, 5) is 23.2. The van der Waals surface area contributed by atoms with Crippen LogP contribution in [0.3, 0.4) is 0 Å². The lowest BCUT2D eigenvalue weighted by atomic mass is 10.0. The van der Waals surface area contributed by atoms with Crippen LogP contribution in [-0.4, -0.2) is 24.6 Å². The highest BCUT2D eigenvalue weighted by atomic mass is 16.5. The molecule has 1 aliphatic rings. The largest absolute Gasteiger partial charge is 0.475 e. The molecule has 0 fully saturated rings. The number of hydrogen-bond acceptors (Lipinski definition) is 4. The van der Waals surface area contributed by atoms with E-state index in [0.29, 0.717) is 17.0 Å². The van der Waals surface area contributed by atoms with Gasteiger partial charge in [-0.05, 0) is 26.0 Å². The monoisotopic (exact) mass is 235 g/mol. The summed E-state index contributed by atoms with van der Waals surface area (Å²) in [7, 11) is 1.30. The highest BCUT2D eigenvalue weighted by Gasteiger charge is 2.37. The normalized spacial score (nSPS) is 16.5. The van der Waals surface area contributed by atoms with Crippen LogP contribution in [0.4, 0.5) is 5.69 Å². The zero-order valence-electron chi connectivity index (χ0n) is 9.87. The minimum Gasteiger partial charge on any atom is -0.475 e. The lowest BCUT2D eigenvalue weighted by Gasteiger charge is -2.32. The number of nitrogens with one attached hydrogen (secondary N) is 1. The molecule has 1 aromatic rings. The summed E-state index contributed by atoms with van der Waals surface area (Å²) >= 11 is 0. The summed E-state index contributed by atoms with van der Waals surface area (Å²) in [6, 6.07) is 4.93. The number of esters is 1. The van der Waals surface area contributed by atoms with E-state index in [1.54, 1.807) is 32.0 Å². The SMILES string of the molecule is COC(=O)c1cccc2c1OC(C)(C)C(=O)N2. The van der Waals surface area contributed by atoms with Gasteiger partial charge in [0, 0.05) is 0 Å². The Balaban J connectivity index is 2.52. The molecule has 2 rings (SSSR count). The molecule has 90 valence electrons. The smallest absolute Gasteiger partial charge is 0.341 e. The lowest BCUT2D eigenvalue weighted by molar-refractivity contribution is -0.129. The van der Waals surface area contributed by atoms with Gasteiger partial charge in [0.1, 0.15) is 5.56 Å². The second-order valence-electron chi connectivity index (χ2n) is 4.24. The fourth-order valence-corrected chi connectivity index (χ4v) is 1.59. The number of para-hydroxylation sites is 1. The third-order valence-electron chi connectivity index (χ3n) is 2.57. The number of amides is 1. The van der Waals surface area contributed by atoms with Crippen LogP contribution in [0, 0.1) is 0 Å². The zero-order chi connectivity index (χ0) is 12.6. The van der Waals surface area contributed by atoms with Crippen molar-refractivity contribution < 1.29 is 19.1 Å². The van der Waals surface area contributed by atoms with Crippen molar-refractivity contribution in [3.63, 3.8) is 0 Å². The minimum absolute atomic E-state index is 0.244. The van der Waals surface area contributed by atoms with Crippen molar-refractivity contribution >= 4 is 17.6 Å². The molecule has 17 heavy (non-hydrogen) atoms. The first-order valence-corrected chi connectivity index (χ1v) is 5.17. The number of benzene rings is 1. The number of rotatable bonds is 1. The number of hydrogen-bond donors (Lipinski definition) is 1. The van der Waals surface area contributed by atoms with Gasteiger partial charge in [0.2, 0.25) is 0 Å². The van der Waals surface area contributed by atoms with E-state index in [1.807, 2.05) is 0 Å². The van der Waals surface area contributed by atoms with Crippen molar-refractivity contribution in [1.82, 2.24) is 0 Å². The number of anilines is 1. The first-order valence-electron chi connectivity index (χ1n) is 5.17. The lowest BCUT2D eigenvalue weighted by Crippen LogP contribution is -2.46. The molecule has 1 amide bonds. The minimum atomic E-state index is -1.00. The third-order valence-corrected chi connectivity index (χ3v) is 2.57. The Morgan fingerprint density at radius 3 is 2.76 bits per heavy atom. The molecule has 0 radical (unpaired) electrons. The third kappa shape index (κ3) is 1.84. The van der Waals surface area contributed by atoms with Gasteiger partial charge in [-0.3, -0.25) is 4.79 Å². The Labute approximate surface area is 98.7 Å². The van der Waals surface area contributed by atoms with Crippen LogP contribution in [0.5, 0.6) is 5.75 Å². The average Bonchev–Trinajstić information content (AvgIpc) is 2.28. The Hall–Kier alpha value is -2.04. The molecular weight excluding hydrogens is 222 g/mol. The molecular formula is C12H13NO4. The predicted octanol–water partition coefficient (Wildman–Crippen LogP) is 1.58. The van der Waals surface area contributed by atoms with Gasteiger partial charge in [-0.2, -0.15) is 0 Å². The molecule has 0 aromatic heterocycles. The first kappa shape index (κ1) is 11.4. The molecule has 1 heterocycles. The molecule has 0 saturated carbocycles. The van der Waals surface area contributed by atoms with Crippen LogP contribution in [0.25, 0.3) is 0 Å². The number of methoxy groups -OCH3 is 1. The highest BCUT2D eigenvalue weighted by Crippen LogP contribution is 2.36. The van der Waals surface area contributed by atoms with E-state index >= 15 is 0 Å². The van der Waals surface area contributed by atoms with E-state index in [0.717, 1.165) is 0 Å². The zero-order valence-corrected chi connectivity index (χ0v) is 9.87. The molecule has 1 aliphatic heterocycles. The van der Waals surface area contributed by atoms with Gasteiger partial charge in [0.25, 0.3) is 5.91 Å². The molecule has 5 nitrogen and oxygen atoms in total. The maximum absolute atomic E-state index is 11.7. The topological polar surface area (TPSA) is 64.6 Å². The molecule has 0 bridgehead atoms. The van der Waals surface area contributed by atoms with Gasteiger partial charge < -0.3 is 14.8 Å². The van der Waals surface area contributed by atoms with Crippen molar-refractivity contribution in [1.29, 1.82) is 0 Å². The Kier molecular flexibility index (Phi) is 2.53. The Bertz CT molecular complexity index is 493. The molecule has 0 aliphatic carbocycles. The fourth-order valence-electron chi connectivity index (χ4n) is 1.59. The van der Waals surface area contributed by atoms with Gasteiger partial charge in [-0.25, -0.2) is 4.79 Å². The second-order valence-corrected chi connectivity index (χ2v) is 4.24. The summed E-state index contributed by atoms with van der Waals surface area (Å²) in [6.45, 7) is 3.28. The van der Waals surface area contributed by atoms with Crippen molar-refractivity contribution in [3.8, 4) is 5.75 Å².